The van der Waals surface area contributed by atoms with E-state index in [4.69, 9.17) is 9.47 Å². The lowest BCUT2D eigenvalue weighted by Crippen LogP contribution is -2.15. The van der Waals surface area contributed by atoms with Gasteiger partial charge in [0.1, 0.15) is 5.69 Å². The van der Waals surface area contributed by atoms with Crippen molar-refractivity contribution in [1.82, 2.24) is 9.55 Å². The van der Waals surface area contributed by atoms with Gasteiger partial charge in [0.05, 0.1) is 35.7 Å². The Morgan fingerprint density at radius 3 is 2.29 bits per heavy atom. The molecule has 0 aliphatic rings. The number of fused-ring (bicyclic) bond motifs is 1. The van der Waals surface area contributed by atoms with Crippen molar-refractivity contribution in [2.75, 3.05) is 14.2 Å². The number of hydrogen-bond donors (Lipinski definition) is 0. The molecule has 0 aliphatic heterocycles. The Kier molecular flexibility index (Phi) is 4.67. The van der Waals surface area contributed by atoms with Gasteiger partial charge in [-0.25, -0.2) is 14.6 Å². The Labute approximate surface area is 165 Å². The first kappa shape index (κ1) is 17.9. The number of nitrogens with zero attached hydrogens (tertiary/aromatic N) is 2. The molecule has 140 valence electrons. The number of rotatable bonds is 4. The first-order chi connectivity index (χ1) is 13.6. The van der Waals surface area contributed by atoms with Crippen LogP contribution in [0.25, 0.3) is 26.6 Å². The second kappa shape index (κ2) is 7.28. The van der Waals surface area contributed by atoms with Crippen LogP contribution in [0.2, 0.25) is 0 Å². The van der Waals surface area contributed by atoms with Crippen LogP contribution in [-0.2, 0) is 9.47 Å². The Bertz CT molecular complexity index is 1140. The van der Waals surface area contributed by atoms with Crippen molar-refractivity contribution >= 4 is 33.5 Å². The average molecular weight is 392 g/mol. The zero-order valence-electron chi connectivity index (χ0n) is 15.2. The first-order valence-corrected chi connectivity index (χ1v) is 9.29. The topological polar surface area (TPSA) is 70.4 Å². The second-order valence-corrected chi connectivity index (χ2v) is 6.95. The van der Waals surface area contributed by atoms with Gasteiger partial charge in [-0.3, -0.25) is 4.57 Å². The molecular formula is C21H16N2O4S. The molecule has 0 fully saturated rings. The van der Waals surface area contributed by atoms with Crippen LogP contribution in [0.15, 0.2) is 60.7 Å². The van der Waals surface area contributed by atoms with Gasteiger partial charge in [-0.1, -0.05) is 53.8 Å². The number of hydrogen-bond acceptors (Lipinski definition) is 6. The van der Waals surface area contributed by atoms with Crippen molar-refractivity contribution < 1.29 is 19.1 Å². The van der Waals surface area contributed by atoms with Gasteiger partial charge in [0.25, 0.3) is 0 Å². The van der Waals surface area contributed by atoms with Crippen LogP contribution in [0.1, 0.15) is 20.8 Å². The summed E-state index contributed by atoms with van der Waals surface area (Å²) in [6.45, 7) is 0. The molecule has 0 atom stereocenters. The van der Waals surface area contributed by atoms with Crippen molar-refractivity contribution in [3.05, 3.63) is 71.9 Å². The number of methoxy groups -OCH3 is 2. The molecule has 2 heterocycles. The lowest BCUT2D eigenvalue weighted by Gasteiger charge is -2.10. The summed E-state index contributed by atoms with van der Waals surface area (Å²) in [5, 5.41) is 0.565. The molecule has 2 aromatic heterocycles. The fraction of sp³-hybridized carbons (Fsp3) is 0.0952. The molecule has 4 rings (SSSR count). The molecule has 2 aromatic carbocycles. The van der Waals surface area contributed by atoms with E-state index in [2.05, 4.69) is 4.98 Å². The summed E-state index contributed by atoms with van der Waals surface area (Å²) >= 11 is 1.43. The predicted molar refractivity (Wildman–Crippen MR) is 107 cm³/mol. The summed E-state index contributed by atoms with van der Waals surface area (Å²) in [7, 11) is 2.56. The highest BCUT2D eigenvalue weighted by atomic mass is 32.1. The lowest BCUT2D eigenvalue weighted by atomic mass is 10.1. The van der Waals surface area contributed by atoms with Crippen molar-refractivity contribution in [3.63, 3.8) is 0 Å². The van der Waals surface area contributed by atoms with E-state index < -0.39 is 11.9 Å². The third-order valence-corrected chi connectivity index (χ3v) is 5.35. The monoisotopic (exact) mass is 392 g/mol. The Hall–Kier alpha value is -3.45. The van der Waals surface area contributed by atoms with E-state index in [9.17, 15) is 9.59 Å². The summed E-state index contributed by atoms with van der Waals surface area (Å²) < 4.78 is 12.5. The zero-order chi connectivity index (χ0) is 19.7. The molecule has 0 aliphatic carbocycles. The molecule has 0 radical (unpaired) electrons. The normalized spacial score (nSPS) is 10.8. The SMILES string of the molecule is COC(=O)c1cc(-c2ccccc2)n(-c2nc3ccccc3s2)c1C(=O)OC. The van der Waals surface area contributed by atoms with Crippen molar-refractivity contribution in [2.45, 2.75) is 0 Å². The minimum Gasteiger partial charge on any atom is -0.465 e. The van der Waals surface area contributed by atoms with Gasteiger partial charge >= 0.3 is 11.9 Å². The van der Waals surface area contributed by atoms with E-state index in [0.29, 0.717) is 10.8 Å². The van der Waals surface area contributed by atoms with E-state index in [-0.39, 0.29) is 11.3 Å². The van der Waals surface area contributed by atoms with Crippen LogP contribution in [-0.4, -0.2) is 35.7 Å². The maximum atomic E-state index is 12.6. The molecule has 7 heteroatoms. The Balaban J connectivity index is 2.07. The molecule has 0 N–H and O–H groups in total. The highest BCUT2D eigenvalue weighted by Gasteiger charge is 2.29. The largest absolute Gasteiger partial charge is 0.465 e. The zero-order valence-corrected chi connectivity index (χ0v) is 16.0. The third-order valence-electron chi connectivity index (χ3n) is 4.33. The highest BCUT2D eigenvalue weighted by Crippen LogP contribution is 2.34. The van der Waals surface area contributed by atoms with Gasteiger partial charge in [0.15, 0.2) is 5.13 Å². The minimum absolute atomic E-state index is 0.0901. The van der Waals surface area contributed by atoms with Gasteiger partial charge in [-0.15, -0.1) is 0 Å². The van der Waals surface area contributed by atoms with Crippen molar-refractivity contribution in [2.24, 2.45) is 0 Å². The quantitative estimate of drug-likeness (QED) is 0.484. The predicted octanol–water partition coefficient (Wildman–Crippen LogP) is 4.33. The molecule has 0 unspecified atom stereocenters. The standard InChI is InChI=1S/C21H16N2O4S/c1-26-19(24)14-12-16(13-8-4-3-5-9-13)23(18(14)20(25)27-2)21-22-15-10-6-7-11-17(15)28-21/h3-12H,1-2H3. The number of thiazole rings is 1. The molecule has 6 nitrogen and oxygen atoms in total. The van der Waals surface area contributed by atoms with Crippen LogP contribution in [0.3, 0.4) is 0 Å². The number of aromatic nitrogens is 2. The van der Waals surface area contributed by atoms with Gasteiger partial charge in [0, 0.05) is 0 Å². The molecule has 0 saturated carbocycles. The molecule has 0 amide bonds. The molecule has 28 heavy (non-hydrogen) atoms. The molecule has 0 spiro atoms. The van der Waals surface area contributed by atoms with Crippen molar-refractivity contribution in [3.8, 4) is 16.4 Å². The third kappa shape index (κ3) is 2.95. The number of esters is 2. The van der Waals surface area contributed by atoms with E-state index in [1.807, 2.05) is 54.6 Å². The van der Waals surface area contributed by atoms with Crippen LogP contribution < -0.4 is 0 Å². The summed E-state index contributed by atoms with van der Waals surface area (Å²) in [6.07, 6.45) is 0. The second-order valence-electron chi connectivity index (χ2n) is 5.94. The van der Waals surface area contributed by atoms with Gasteiger partial charge < -0.3 is 9.47 Å². The summed E-state index contributed by atoms with van der Waals surface area (Å²) in [4.78, 5) is 29.7. The molecular weight excluding hydrogens is 376 g/mol. The summed E-state index contributed by atoms with van der Waals surface area (Å²) in [5.41, 5.74) is 2.52. The van der Waals surface area contributed by atoms with Crippen LogP contribution in [0.5, 0.6) is 0 Å². The summed E-state index contributed by atoms with van der Waals surface area (Å²) in [6, 6.07) is 18.8. The summed E-state index contributed by atoms with van der Waals surface area (Å²) in [5.74, 6) is -1.25. The lowest BCUT2D eigenvalue weighted by molar-refractivity contribution is 0.0549. The van der Waals surface area contributed by atoms with Crippen LogP contribution in [0, 0.1) is 0 Å². The Morgan fingerprint density at radius 1 is 0.929 bits per heavy atom. The fourth-order valence-corrected chi connectivity index (χ4v) is 4.04. The maximum Gasteiger partial charge on any atom is 0.356 e. The molecule has 0 bridgehead atoms. The Morgan fingerprint density at radius 2 is 1.61 bits per heavy atom. The number of carbonyl (C=O) groups excluding carboxylic acids is 2. The van der Waals surface area contributed by atoms with Crippen molar-refractivity contribution in [1.29, 1.82) is 0 Å². The number of benzene rings is 2. The minimum atomic E-state index is -0.637. The van der Waals surface area contributed by atoms with E-state index in [1.54, 1.807) is 10.6 Å². The van der Waals surface area contributed by atoms with E-state index >= 15 is 0 Å². The number of ether oxygens (including phenoxy) is 2. The van der Waals surface area contributed by atoms with Gasteiger partial charge in [0.2, 0.25) is 0 Å². The maximum absolute atomic E-state index is 12.6. The van der Waals surface area contributed by atoms with Crippen LogP contribution >= 0.6 is 11.3 Å². The average Bonchev–Trinajstić information content (AvgIpc) is 3.34. The van der Waals surface area contributed by atoms with Gasteiger partial charge in [-0.05, 0) is 23.8 Å². The molecule has 0 saturated heterocycles. The van der Waals surface area contributed by atoms with E-state index in [0.717, 1.165) is 15.8 Å². The smallest absolute Gasteiger partial charge is 0.356 e. The first-order valence-electron chi connectivity index (χ1n) is 8.47. The van der Waals surface area contributed by atoms with Crippen LogP contribution in [0.4, 0.5) is 0 Å². The van der Waals surface area contributed by atoms with E-state index in [1.165, 1.54) is 25.6 Å². The number of para-hydroxylation sites is 1. The highest BCUT2D eigenvalue weighted by molar-refractivity contribution is 7.20. The number of carbonyl (C=O) groups is 2. The fourth-order valence-electron chi connectivity index (χ4n) is 3.05. The van der Waals surface area contributed by atoms with Gasteiger partial charge in [-0.2, -0.15) is 0 Å². The molecule has 4 aromatic rings.